The van der Waals surface area contributed by atoms with Crippen LogP contribution < -0.4 is 17.0 Å². The van der Waals surface area contributed by atoms with Gasteiger partial charge >= 0.3 is 0 Å². The number of nitrogens with zero attached hydrogens (tertiary/aromatic N) is 1. The first-order valence-corrected chi connectivity index (χ1v) is 9.38. The molecule has 0 aromatic carbocycles. The molecule has 21 heavy (non-hydrogen) atoms. The monoisotopic (exact) mass is 363 g/mol. The van der Waals surface area contributed by atoms with E-state index >= 15 is 0 Å². The van der Waals surface area contributed by atoms with Crippen molar-refractivity contribution in [3.05, 3.63) is 0 Å². The molecule has 0 saturated heterocycles. The van der Waals surface area contributed by atoms with Gasteiger partial charge in [-0.25, -0.2) is 0 Å². The molecule has 0 rings (SSSR count). The lowest BCUT2D eigenvalue weighted by molar-refractivity contribution is -0.914. The van der Waals surface area contributed by atoms with Gasteiger partial charge < -0.3 is 21.5 Å². The Morgan fingerprint density at radius 2 is 1.10 bits per heavy atom. The third kappa shape index (κ3) is 10.7. The second-order valence-corrected chi connectivity index (χ2v) is 7.13. The summed E-state index contributed by atoms with van der Waals surface area (Å²) >= 11 is 0. The third-order valence-electron chi connectivity index (χ3n) is 5.25. The molecule has 130 valence electrons. The molecular formula is C19H42BrN. The molecule has 1 nitrogen and oxygen atoms in total. The van der Waals surface area contributed by atoms with Gasteiger partial charge in [-0.15, -0.1) is 0 Å². The molecule has 0 N–H and O–H groups in total. The van der Waals surface area contributed by atoms with Crippen LogP contribution in [0.1, 0.15) is 86.0 Å². The van der Waals surface area contributed by atoms with Crippen molar-refractivity contribution in [2.75, 3.05) is 26.7 Å². The van der Waals surface area contributed by atoms with Crippen LogP contribution in [0.3, 0.4) is 0 Å². The van der Waals surface area contributed by atoms with Crippen LogP contribution in [0.4, 0.5) is 0 Å². The summed E-state index contributed by atoms with van der Waals surface area (Å²) in [6.07, 6.45) is 11.1. The fourth-order valence-corrected chi connectivity index (χ4v) is 3.41. The largest absolute Gasteiger partial charge is 1.00 e. The van der Waals surface area contributed by atoms with Crippen molar-refractivity contribution >= 4 is 0 Å². The van der Waals surface area contributed by atoms with E-state index in [0.29, 0.717) is 0 Å². The maximum absolute atomic E-state index is 2.50. The minimum absolute atomic E-state index is 0. The van der Waals surface area contributed by atoms with Gasteiger partial charge in [-0.3, -0.25) is 0 Å². The van der Waals surface area contributed by atoms with Gasteiger partial charge in [0.1, 0.15) is 0 Å². The van der Waals surface area contributed by atoms with Crippen LogP contribution in [0, 0.1) is 11.8 Å². The maximum atomic E-state index is 2.50. The molecule has 0 aliphatic rings. The first-order chi connectivity index (χ1) is 9.55. The van der Waals surface area contributed by atoms with Crippen LogP contribution in [-0.2, 0) is 0 Å². The van der Waals surface area contributed by atoms with Crippen molar-refractivity contribution in [1.82, 2.24) is 0 Å². The second-order valence-electron chi connectivity index (χ2n) is 7.13. The van der Waals surface area contributed by atoms with Crippen molar-refractivity contribution in [3.8, 4) is 0 Å². The average Bonchev–Trinajstić information content (AvgIpc) is 2.47. The highest BCUT2D eigenvalue weighted by Gasteiger charge is 2.26. The van der Waals surface area contributed by atoms with Crippen molar-refractivity contribution in [2.45, 2.75) is 86.0 Å². The molecule has 0 spiro atoms. The molecule has 2 atom stereocenters. The van der Waals surface area contributed by atoms with Gasteiger partial charge in [0.2, 0.25) is 0 Å². The van der Waals surface area contributed by atoms with Crippen LogP contribution in [0.25, 0.3) is 0 Å². The van der Waals surface area contributed by atoms with Gasteiger partial charge in [-0.05, 0) is 32.6 Å². The molecule has 0 aromatic heterocycles. The standard InChI is InChI=1S/C19H42N.BrH/c1-7-12-14-18(9-3)16-20(6,11-5)17-19(10-4)15-13-8-2;/h18-19H,7-17H2,1-6H3;1H/q+1;/p-1. The van der Waals surface area contributed by atoms with Crippen LogP contribution in [0.15, 0.2) is 0 Å². The molecule has 0 aromatic rings. The number of unbranched alkanes of at least 4 members (excludes halogenated alkanes) is 2. The molecule has 0 heterocycles. The fraction of sp³-hybridized carbons (Fsp3) is 1.00. The van der Waals surface area contributed by atoms with Gasteiger partial charge in [-0.2, -0.15) is 0 Å². The summed E-state index contributed by atoms with van der Waals surface area (Å²) in [5.41, 5.74) is 0. The molecule has 0 aliphatic heterocycles. The van der Waals surface area contributed by atoms with Gasteiger partial charge in [0, 0.05) is 11.8 Å². The Labute approximate surface area is 146 Å². The van der Waals surface area contributed by atoms with E-state index in [1.54, 1.807) is 0 Å². The Hall–Kier alpha value is 0.440. The van der Waals surface area contributed by atoms with E-state index in [2.05, 4.69) is 41.7 Å². The zero-order valence-corrected chi connectivity index (χ0v) is 17.3. The van der Waals surface area contributed by atoms with E-state index in [-0.39, 0.29) is 17.0 Å². The lowest BCUT2D eigenvalue weighted by Gasteiger charge is -2.39. The number of halogens is 1. The fourth-order valence-electron chi connectivity index (χ4n) is 3.41. The zero-order valence-electron chi connectivity index (χ0n) is 15.8. The van der Waals surface area contributed by atoms with Crippen LogP contribution in [-0.4, -0.2) is 31.2 Å². The summed E-state index contributed by atoms with van der Waals surface area (Å²) in [7, 11) is 2.50. The van der Waals surface area contributed by atoms with Gasteiger partial charge in [0.25, 0.3) is 0 Å². The Morgan fingerprint density at radius 3 is 1.33 bits per heavy atom. The van der Waals surface area contributed by atoms with E-state index in [1.165, 1.54) is 75.5 Å². The maximum Gasteiger partial charge on any atom is 0.0813 e. The van der Waals surface area contributed by atoms with E-state index in [0.717, 1.165) is 11.8 Å². The predicted octanol–water partition coefficient (Wildman–Crippen LogP) is 2.89. The Morgan fingerprint density at radius 1 is 0.714 bits per heavy atom. The van der Waals surface area contributed by atoms with Crippen molar-refractivity contribution in [2.24, 2.45) is 11.8 Å². The van der Waals surface area contributed by atoms with E-state index in [9.17, 15) is 0 Å². The third-order valence-corrected chi connectivity index (χ3v) is 5.25. The SMILES string of the molecule is CCCCC(CC)C[N+](C)(CC)CC(CC)CCCC.[Br-]. The Bertz CT molecular complexity index is 200. The van der Waals surface area contributed by atoms with Crippen molar-refractivity contribution in [3.63, 3.8) is 0 Å². The lowest BCUT2D eigenvalue weighted by Crippen LogP contribution is -3.00. The van der Waals surface area contributed by atoms with Crippen molar-refractivity contribution in [1.29, 1.82) is 0 Å². The van der Waals surface area contributed by atoms with Crippen molar-refractivity contribution < 1.29 is 21.5 Å². The molecule has 0 bridgehead atoms. The summed E-state index contributed by atoms with van der Waals surface area (Å²) in [6.45, 7) is 15.9. The van der Waals surface area contributed by atoms with Gasteiger partial charge in [0.05, 0.1) is 26.7 Å². The normalized spacial score (nSPS) is 16.9. The number of hydrogen-bond acceptors (Lipinski definition) is 0. The summed E-state index contributed by atoms with van der Waals surface area (Å²) in [6, 6.07) is 0. The molecule has 0 radical (unpaired) electrons. The summed E-state index contributed by atoms with van der Waals surface area (Å²) < 4.78 is 1.30. The van der Waals surface area contributed by atoms with Crippen LogP contribution in [0.2, 0.25) is 0 Å². The lowest BCUT2D eigenvalue weighted by atomic mass is 9.94. The van der Waals surface area contributed by atoms with Crippen LogP contribution >= 0.6 is 0 Å². The minimum atomic E-state index is 0. The summed E-state index contributed by atoms with van der Waals surface area (Å²) in [5.74, 6) is 1.87. The predicted molar refractivity (Wildman–Crippen MR) is 93.1 cm³/mol. The Kier molecular flexibility index (Phi) is 15.9. The molecule has 0 saturated carbocycles. The topological polar surface area (TPSA) is 0 Å². The Balaban J connectivity index is 0. The van der Waals surface area contributed by atoms with E-state index in [4.69, 9.17) is 0 Å². The minimum Gasteiger partial charge on any atom is -1.00 e. The number of rotatable bonds is 13. The molecule has 0 amide bonds. The second kappa shape index (κ2) is 14.1. The van der Waals surface area contributed by atoms with E-state index < -0.39 is 0 Å². The molecule has 0 aliphatic carbocycles. The molecule has 2 unspecified atom stereocenters. The summed E-state index contributed by atoms with van der Waals surface area (Å²) in [4.78, 5) is 0. The smallest absolute Gasteiger partial charge is 0.0813 e. The van der Waals surface area contributed by atoms with Crippen LogP contribution in [0.5, 0.6) is 0 Å². The van der Waals surface area contributed by atoms with Gasteiger partial charge in [0.15, 0.2) is 0 Å². The average molecular weight is 364 g/mol. The van der Waals surface area contributed by atoms with E-state index in [1.807, 2.05) is 0 Å². The molecule has 0 fully saturated rings. The first-order valence-electron chi connectivity index (χ1n) is 9.38. The highest BCUT2D eigenvalue weighted by Crippen LogP contribution is 2.22. The molecular weight excluding hydrogens is 322 g/mol. The first kappa shape index (κ1) is 23.7. The highest BCUT2D eigenvalue weighted by molar-refractivity contribution is 4.61. The number of quaternary nitrogens is 1. The quantitative estimate of drug-likeness (QED) is 0.441. The zero-order chi connectivity index (χ0) is 15.4. The molecule has 2 heteroatoms. The highest BCUT2D eigenvalue weighted by atomic mass is 79.9. The van der Waals surface area contributed by atoms with Gasteiger partial charge in [-0.1, -0.05) is 53.4 Å². The number of hydrogen-bond donors (Lipinski definition) is 0. The summed E-state index contributed by atoms with van der Waals surface area (Å²) in [5, 5.41) is 0.